The molecular weight excluding hydrogens is 316 g/mol. The highest BCUT2D eigenvalue weighted by Crippen LogP contribution is 2.18. The quantitative estimate of drug-likeness (QED) is 0.724. The second-order valence-electron chi connectivity index (χ2n) is 5.93. The van der Waals surface area contributed by atoms with Crippen molar-refractivity contribution in [1.82, 2.24) is 10.6 Å². The van der Waals surface area contributed by atoms with Crippen LogP contribution in [0.3, 0.4) is 0 Å². The van der Waals surface area contributed by atoms with E-state index in [0.717, 1.165) is 22.4 Å². The van der Waals surface area contributed by atoms with Crippen LogP contribution in [0.2, 0.25) is 0 Å². The number of aryl methyl sites for hydroxylation is 2. The molecule has 0 unspecified atom stereocenters. The minimum absolute atomic E-state index is 0.212. The molecular formula is C20H26N2O3. The molecule has 0 aromatic heterocycles. The van der Waals surface area contributed by atoms with Gasteiger partial charge in [-0.1, -0.05) is 42.0 Å². The molecule has 0 heterocycles. The number of carbonyl (C=O) groups is 1. The topological polar surface area (TPSA) is 59.6 Å². The first-order chi connectivity index (χ1) is 12.1. The van der Waals surface area contributed by atoms with Gasteiger partial charge in [-0.2, -0.15) is 0 Å². The molecule has 2 rings (SSSR count). The number of methoxy groups -OCH3 is 1. The first-order valence-electron chi connectivity index (χ1n) is 8.37. The monoisotopic (exact) mass is 342 g/mol. The molecule has 0 fully saturated rings. The number of carbonyl (C=O) groups excluding carboxylic acids is 1. The minimum Gasteiger partial charge on any atom is -0.491 e. The maximum absolute atomic E-state index is 11.9. The smallest absolute Gasteiger partial charge is 0.315 e. The number of nitrogens with one attached hydrogen (secondary N) is 2. The summed E-state index contributed by atoms with van der Waals surface area (Å²) in [6.07, 6.45) is 0. The predicted octanol–water partition coefficient (Wildman–Crippen LogP) is 3.33. The Bertz CT molecular complexity index is 701. The summed E-state index contributed by atoms with van der Waals surface area (Å²) in [5, 5.41) is 5.65. The fourth-order valence-corrected chi connectivity index (χ4v) is 2.55. The van der Waals surface area contributed by atoms with E-state index in [9.17, 15) is 4.79 Å². The predicted molar refractivity (Wildman–Crippen MR) is 98.8 cm³/mol. The Labute approximate surface area is 149 Å². The van der Waals surface area contributed by atoms with Crippen LogP contribution >= 0.6 is 0 Å². The molecule has 2 N–H and O–H groups in total. The Balaban J connectivity index is 1.71. The Morgan fingerprint density at radius 1 is 1.04 bits per heavy atom. The van der Waals surface area contributed by atoms with Crippen molar-refractivity contribution in [1.29, 1.82) is 0 Å². The summed E-state index contributed by atoms with van der Waals surface area (Å²) < 4.78 is 10.9. The van der Waals surface area contributed by atoms with E-state index in [1.807, 2.05) is 50.2 Å². The van der Waals surface area contributed by atoms with Gasteiger partial charge >= 0.3 is 6.03 Å². The van der Waals surface area contributed by atoms with Crippen molar-refractivity contribution in [3.05, 3.63) is 64.7 Å². The second kappa shape index (κ2) is 9.69. The molecule has 0 aliphatic heterocycles. The van der Waals surface area contributed by atoms with Crippen LogP contribution in [0.4, 0.5) is 4.79 Å². The molecule has 0 aliphatic carbocycles. The molecule has 0 bridgehead atoms. The Kier molecular flexibility index (Phi) is 7.29. The molecule has 0 aliphatic rings. The van der Waals surface area contributed by atoms with Crippen molar-refractivity contribution >= 4 is 6.03 Å². The molecule has 5 nitrogen and oxygen atoms in total. The third-order valence-corrected chi connectivity index (χ3v) is 3.83. The van der Waals surface area contributed by atoms with Crippen molar-refractivity contribution in [2.45, 2.75) is 27.0 Å². The number of hydrogen-bond acceptors (Lipinski definition) is 3. The molecule has 134 valence electrons. The maximum Gasteiger partial charge on any atom is 0.315 e. The van der Waals surface area contributed by atoms with Crippen LogP contribution < -0.4 is 15.4 Å². The zero-order valence-electron chi connectivity index (χ0n) is 15.1. The highest BCUT2D eigenvalue weighted by Gasteiger charge is 2.05. The number of ether oxygens (including phenoxy) is 2. The van der Waals surface area contributed by atoms with Gasteiger partial charge < -0.3 is 20.1 Å². The normalized spacial score (nSPS) is 10.4. The zero-order valence-corrected chi connectivity index (χ0v) is 15.1. The van der Waals surface area contributed by atoms with Gasteiger partial charge in [0, 0.05) is 13.7 Å². The lowest BCUT2D eigenvalue weighted by atomic mass is 10.1. The summed E-state index contributed by atoms with van der Waals surface area (Å²) in [7, 11) is 1.66. The summed E-state index contributed by atoms with van der Waals surface area (Å²) in [4.78, 5) is 11.9. The summed E-state index contributed by atoms with van der Waals surface area (Å²) in [5.41, 5.74) is 4.42. The van der Waals surface area contributed by atoms with Crippen LogP contribution in [0.5, 0.6) is 5.75 Å². The first kappa shape index (κ1) is 18.8. The number of hydrogen-bond donors (Lipinski definition) is 2. The van der Waals surface area contributed by atoms with Crippen LogP contribution in [0.25, 0.3) is 0 Å². The van der Waals surface area contributed by atoms with Crippen molar-refractivity contribution in [3.63, 3.8) is 0 Å². The van der Waals surface area contributed by atoms with E-state index in [4.69, 9.17) is 9.47 Å². The fourth-order valence-electron chi connectivity index (χ4n) is 2.55. The third kappa shape index (κ3) is 6.12. The van der Waals surface area contributed by atoms with Gasteiger partial charge in [0.2, 0.25) is 0 Å². The van der Waals surface area contributed by atoms with Crippen LogP contribution in [-0.2, 0) is 17.9 Å². The first-order valence-corrected chi connectivity index (χ1v) is 8.37. The van der Waals surface area contributed by atoms with E-state index in [2.05, 4.69) is 16.7 Å². The van der Waals surface area contributed by atoms with E-state index < -0.39 is 0 Å². The molecule has 0 spiro atoms. The van der Waals surface area contributed by atoms with E-state index >= 15 is 0 Å². The molecule has 2 aromatic rings. The van der Waals surface area contributed by atoms with Gasteiger partial charge in [0.1, 0.15) is 12.4 Å². The lowest BCUT2D eigenvalue weighted by molar-refractivity contribution is 0.184. The highest BCUT2D eigenvalue weighted by molar-refractivity contribution is 5.73. The van der Waals surface area contributed by atoms with Gasteiger partial charge in [-0.15, -0.1) is 0 Å². The molecule has 0 saturated carbocycles. The van der Waals surface area contributed by atoms with Gasteiger partial charge in [-0.05, 0) is 36.6 Å². The van der Waals surface area contributed by atoms with Gasteiger partial charge in [0.05, 0.1) is 13.2 Å². The van der Waals surface area contributed by atoms with E-state index in [1.165, 1.54) is 5.56 Å². The second-order valence-corrected chi connectivity index (χ2v) is 5.93. The van der Waals surface area contributed by atoms with Gasteiger partial charge in [0.15, 0.2) is 0 Å². The average molecular weight is 342 g/mol. The lowest BCUT2D eigenvalue weighted by Crippen LogP contribution is -2.37. The van der Waals surface area contributed by atoms with Crippen LogP contribution in [0.15, 0.2) is 42.5 Å². The minimum atomic E-state index is -0.212. The summed E-state index contributed by atoms with van der Waals surface area (Å²) in [5.74, 6) is 0.848. The van der Waals surface area contributed by atoms with Crippen LogP contribution in [0.1, 0.15) is 22.3 Å². The third-order valence-electron chi connectivity index (χ3n) is 3.83. The number of benzene rings is 2. The Morgan fingerprint density at radius 2 is 1.80 bits per heavy atom. The Morgan fingerprint density at radius 3 is 2.52 bits per heavy atom. The average Bonchev–Trinajstić information content (AvgIpc) is 2.60. The molecule has 0 radical (unpaired) electrons. The van der Waals surface area contributed by atoms with E-state index in [1.54, 1.807) is 7.11 Å². The van der Waals surface area contributed by atoms with Crippen molar-refractivity contribution in [2.24, 2.45) is 0 Å². The number of amides is 2. The zero-order chi connectivity index (χ0) is 18.1. The van der Waals surface area contributed by atoms with Gasteiger partial charge in [-0.3, -0.25) is 0 Å². The largest absolute Gasteiger partial charge is 0.491 e. The van der Waals surface area contributed by atoms with Crippen molar-refractivity contribution in [3.8, 4) is 5.75 Å². The maximum atomic E-state index is 11.9. The SMILES string of the molecule is COCc1ccccc1CNC(=O)NCCOc1ccc(C)cc1C. The molecule has 0 saturated heterocycles. The molecule has 25 heavy (non-hydrogen) atoms. The van der Waals surface area contributed by atoms with Gasteiger partial charge in [-0.25, -0.2) is 4.79 Å². The van der Waals surface area contributed by atoms with Gasteiger partial charge in [0.25, 0.3) is 0 Å². The standard InChI is InChI=1S/C20H26N2O3/c1-15-8-9-19(16(2)12-15)25-11-10-21-20(23)22-13-17-6-4-5-7-18(17)14-24-3/h4-9,12H,10-11,13-14H2,1-3H3,(H2,21,22,23). The van der Waals surface area contributed by atoms with E-state index in [0.29, 0.717) is 26.3 Å². The van der Waals surface area contributed by atoms with Crippen molar-refractivity contribution in [2.75, 3.05) is 20.3 Å². The molecule has 2 amide bonds. The molecule has 5 heteroatoms. The van der Waals surface area contributed by atoms with Crippen LogP contribution in [0, 0.1) is 13.8 Å². The molecule has 2 aromatic carbocycles. The highest BCUT2D eigenvalue weighted by atomic mass is 16.5. The lowest BCUT2D eigenvalue weighted by Gasteiger charge is -2.12. The number of urea groups is 1. The summed E-state index contributed by atoms with van der Waals surface area (Å²) >= 11 is 0. The molecule has 0 atom stereocenters. The summed E-state index contributed by atoms with van der Waals surface area (Å²) in [6, 6.07) is 13.7. The fraction of sp³-hybridized carbons (Fsp3) is 0.350. The van der Waals surface area contributed by atoms with Crippen molar-refractivity contribution < 1.29 is 14.3 Å². The Hall–Kier alpha value is -2.53. The summed E-state index contributed by atoms with van der Waals surface area (Å²) in [6.45, 7) is 5.93. The van der Waals surface area contributed by atoms with Crippen LogP contribution in [-0.4, -0.2) is 26.3 Å². The van der Waals surface area contributed by atoms with E-state index in [-0.39, 0.29) is 6.03 Å². The number of rotatable bonds is 8.